The van der Waals surface area contributed by atoms with Gasteiger partial charge in [0, 0.05) is 11.3 Å². The van der Waals surface area contributed by atoms with Crippen molar-refractivity contribution in [1.82, 2.24) is 5.32 Å². The predicted octanol–water partition coefficient (Wildman–Crippen LogP) is 4.91. The standard InChI is InChI=1S/C26H28N2O4S/c29-18-24(15-19-7-2-1-3-8-19)27-26(30)22-11-6-12-25(17-22)33(31,32)28-23-14-13-20-9-4-5-10-21(20)16-23/h4-6,9-14,16-19,24,28H,1-3,7-8,15H2,(H,27,30)/t24-/m0/s1. The zero-order valence-corrected chi connectivity index (χ0v) is 19.2. The van der Waals surface area contributed by atoms with Gasteiger partial charge >= 0.3 is 0 Å². The fraction of sp³-hybridized carbons (Fsp3) is 0.308. The Labute approximate surface area is 194 Å². The average molecular weight is 465 g/mol. The van der Waals surface area contributed by atoms with Crippen LogP contribution in [-0.2, 0) is 14.8 Å². The van der Waals surface area contributed by atoms with E-state index in [9.17, 15) is 18.0 Å². The molecular weight excluding hydrogens is 436 g/mol. The van der Waals surface area contributed by atoms with E-state index in [1.165, 1.54) is 24.6 Å². The van der Waals surface area contributed by atoms with Crippen molar-refractivity contribution in [2.24, 2.45) is 5.92 Å². The second-order valence-electron chi connectivity index (χ2n) is 8.65. The van der Waals surface area contributed by atoms with E-state index in [0.717, 1.165) is 42.7 Å². The third-order valence-electron chi connectivity index (χ3n) is 6.20. The molecule has 1 aliphatic carbocycles. The Hall–Kier alpha value is -3.19. The Balaban J connectivity index is 1.47. The zero-order chi connectivity index (χ0) is 23.3. The number of carbonyl (C=O) groups excluding carboxylic acids is 2. The SMILES string of the molecule is O=C[C@H](CC1CCCCC1)NC(=O)c1cccc(S(=O)(=O)Nc2ccc3ccccc3c2)c1. The largest absolute Gasteiger partial charge is 0.343 e. The van der Waals surface area contributed by atoms with Gasteiger partial charge < -0.3 is 10.1 Å². The van der Waals surface area contributed by atoms with Crippen LogP contribution in [-0.4, -0.2) is 26.7 Å². The molecule has 0 aliphatic heterocycles. The molecule has 1 amide bonds. The lowest BCUT2D eigenvalue weighted by Gasteiger charge is -2.24. The lowest BCUT2D eigenvalue weighted by Crippen LogP contribution is -2.37. The molecule has 7 heteroatoms. The van der Waals surface area contributed by atoms with Crippen LogP contribution in [0.1, 0.15) is 48.9 Å². The molecule has 0 saturated heterocycles. The quantitative estimate of drug-likeness (QED) is 0.464. The third kappa shape index (κ3) is 5.79. The lowest BCUT2D eigenvalue weighted by molar-refractivity contribution is -0.109. The monoisotopic (exact) mass is 464 g/mol. The molecule has 6 nitrogen and oxygen atoms in total. The summed E-state index contributed by atoms with van der Waals surface area (Å²) in [6, 6.07) is 18.3. The summed E-state index contributed by atoms with van der Waals surface area (Å²) in [5, 5.41) is 4.69. The van der Waals surface area contributed by atoms with Gasteiger partial charge in [0.25, 0.3) is 15.9 Å². The van der Waals surface area contributed by atoms with Crippen molar-refractivity contribution in [3.05, 3.63) is 72.3 Å². The Kier molecular flexibility index (Phi) is 7.08. The maximum absolute atomic E-state index is 13.0. The minimum atomic E-state index is -3.89. The Bertz CT molecular complexity index is 1250. The van der Waals surface area contributed by atoms with Gasteiger partial charge in [0.05, 0.1) is 10.9 Å². The highest BCUT2D eigenvalue weighted by molar-refractivity contribution is 7.92. The molecule has 0 heterocycles. The van der Waals surface area contributed by atoms with Crippen LogP contribution in [0.3, 0.4) is 0 Å². The van der Waals surface area contributed by atoms with Crippen molar-refractivity contribution in [2.45, 2.75) is 49.5 Å². The molecule has 2 N–H and O–H groups in total. The second-order valence-corrected chi connectivity index (χ2v) is 10.3. The topological polar surface area (TPSA) is 92.3 Å². The molecule has 33 heavy (non-hydrogen) atoms. The fourth-order valence-electron chi connectivity index (χ4n) is 4.45. The van der Waals surface area contributed by atoms with Crippen molar-refractivity contribution >= 4 is 38.7 Å². The average Bonchev–Trinajstić information content (AvgIpc) is 2.84. The number of sulfonamides is 1. The number of aldehydes is 1. The number of rotatable bonds is 8. The molecule has 1 aliphatic rings. The minimum absolute atomic E-state index is 0.0155. The third-order valence-corrected chi connectivity index (χ3v) is 7.58. The number of fused-ring (bicyclic) bond motifs is 1. The highest BCUT2D eigenvalue weighted by Gasteiger charge is 2.22. The van der Waals surface area contributed by atoms with Crippen LogP contribution in [0.2, 0.25) is 0 Å². The van der Waals surface area contributed by atoms with Crippen LogP contribution < -0.4 is 10.0 Å². The van der Waals surface area contributed by atoms with Crippen LogP contribution >= 0.6 is 0 Å². The van der Waals surface area contributed by atoms with Crippen molar-refractivity contribution in [3.63, 3.8) is 0 Å². The molecule has 3 aromatic carbocycles. The normalized spacial score (nSPS) is 15.6. The first kappa shape index (κ1) is 23.0. The molecule has 1 saturated carbocycles. The zero-order valence-electron chi connectivity index (χ0n) is 18.4. The van der Waals surface area contributed by atoms with Crippen molar-refractivity contribution in [3.8, 4) is 0 Å². The van der Waals surface area contributed by atoms with Crippen LogP contribution in [0.15, 0.2) is 71.6 Å². The lowest BCUT2D eigenvalue weighted by atomic mass is 9.85. The summed E-state index contributed by atoms with van der Waals surface area (Å²) in [5.41, 5.74) is 0.643. The van der Waals surface area contributed by atoms with Crippen molar-refractivity contribution in [1.29, 1.82) is 0 Å². The number of benzene rings is 3. The van der Waals surface area contributed by atoms with E-state index in [4.69, 9.17) is 0 Å². The van der Waals surface area contributed by atoms with E-state index in [2.05, 4.69) is 10.0 Å². The first-order valence-electron chi connectivity index (χ1n) is 11.3. The van der Waals surface area contributed by atoms with Crippen LogP contribution in [0, 0.1) is 5.92 Å². The molecule has 3 aromatic rings. The number of anilines is 1. The van der Waals surface area contributed by atoms with E-state index in [1.54, 1.807) is 18.2 Å². The van der Waals surface area contributed by atoms with Crippen molar-refractivity contribution < 1.29 is 18.0 Å². The maximum atomic E-state index is 13.0. The highest BCUT2D eigenvalue weighted by atomic mass is 32.2. The van der Waals surface area contributed by atoms with Crippen LogP contribution in [0.5, 0.6) is 0 Å². The van der Waals surface area contributed by atoms with Gasteiger partial charge in [-0.05, 0) is 53.4 Å². The number of amides is 1. The van der Waals surface area contributed by atoms with E-state index in [0.29, 0.717) is 18.0 Å². The molecule has 0 aromatic heterocycles. The summed E-state index contributed by atoms with van der Waals surface area (Å²) >= 11 is 0. The van der Waals surface area contributed by atoms with E-state index in [1.807, 2.05) is 30.3 Å². The first-order valence-corrected chi connectivity index (χ1v) is 12.8. The van der Waals surface area contributed by atoms with Gasteiger partial charge in [-0.25, -0.2) is 8.42 Å². The minimum Gasteiger partial charge on any atom is -0.343 e. The summed E-state index contributed by atoms with van der Waals surface area (Å²) in [4.78, 5) is 24.3. The van der Waals surface area contributed by atoms with Gasteiger partial charge in [-0.1, -0.05) is 68.5 Å². The van der Waals surface area contributed by atoms with E-state index in [-0.39, 0.29) is 10.5 Å². The van der Waals surface area contributed by atoms with E-state index >= 15 is 0 Å². The van der Waals surface area contributed by atoms with E-state index < -0.39 is 22.0 Å². The van der Waals surface area contributed by atoms with Crippen LogP contribution in [0.25, 0.3) is 10.8 Å². The molecule has 0 unspecified atom stereocenters. The summed E-state index contributed by atoms with van der Waals surface area (Å²) in [7, 11) is -3.89. The maximum Gasteiger partial charge on any atom is 0.261 e. The fourth-order valence-corrected chi connectivity index (χ4v) is 5.55. The molecule has 0 radical (unpaired) electrons. The number of hydrogen-bond donors (Lipinski definition) is 2. The van der Waals surface area contributed by atoms with Gasteiger partial charge in [-0.2, -0.15) is 0 Å². The molecule has 172 valence electrons. The number of nitrogens with one attached hydrogen (secondary N) is 2. The highest BCUT2D eigenvalue weighted by Crippen LogP contribution is 2.27. The molecule has 0 spiro atoms. The molecule has 1 fully saturated rings. The summed E-state index contributed by atoms with van der Waals surface area (Å²) in [5.74, 6) is -0.0159. The van der Waals surface area contributed by atoms with Gasteiger partial charge in [0.1, 0.15) is 6.29 Å². The summed E-state index contributed by atoms with van der Waals surface area (Å²) in [6.07, 6.45) is 7.10. The van der Waals surface area contributed by atoms with Crippen molar-refractivity contribution in [2.75, 3.05) is 4.72 Å². The molecule has 1 atom stereocenters. The Morgan fingerprint density at radius 2 is 1.70 bits per heavy atom. The van der Waals surface area contributed by atoms with Gasteiger partial charge in [0.2, 0.25) is 0 Å². The van der Waals surface area contributed by atoms with Gasteiger partial charge in [-0.15, -0.1) is 0 Å². The Morgan fingerprint density at radius 1 is 0.939 bits per heavy atom. The number of carbonyl (C=O) groups is 2. The van der Waals surface area contributed by atoms with Gasteiger partial charge in [0.15, 0.2) is 0 Å². The molecular formula is C26H28N2O4S. The summed E-state index contributed by atoms with van der Waals surface area (Å²) in [6.45, 7) is 0. The van der Waals surface area contributed by atoms with Gasteiger partial charge in [-0.3, -0.25) is 9.52 Å². The smallest absolute Gasteiger partial charge is 0.261 e. The number of hydrogen-bond acceptors (Lipinski definition) is 4. The molecule has 4 rings (SSSR count). The second kappa shape index (κ2) is 10.2. The molecule has 0 bridgehead atoms. The first-order chi connectivity index (χ1) is 15.9. The predicted molar refractivity (Wildman–Crippen MR) is 130 cm³/mol. The Morgan fingerprint density at radius 3 is 2.45 bits per heavy atom. The van der Waals surface area contributed by atoms with Crippen LogP contribution in [0.4, 0.5) is 5.69 Å². The summed E-state index contributed by atoms with van der Waals surface area (Å²) < 4.78 is 28.5.